The summed E-state index contributed by atoms with van der Waals surface area (Å²) in [7, 11) is 0. The Morgan fingerprint density at radius 3 is 2.79 bits per heavy atom. The number of aromatic nitrogens is 2. The maximum Gasteiger partial charge on any atom is 0.227 e. The van der Waals surface area contributed by atoms with Gasteiger partial charge >= 0.3 is 0 Å². The van der Waals surface area contributed by atoms with Crippen LogP contribution < -0.4 is 15.5 Å². The van der Waals surface area contributed by atoms with Gasteiger partial charge in [0.05, 0.1) is 12.1 Å². The van der Waals surface area contributed by atoms with Crippen molar-refractivity contribution in [2.75, 3.05) is 29.9 Å². The number of nitrogens with one attached hydrogen (secondary N) is 2. The lowest BCUT2D eigenvalue weighted by atomic mass is 10.1. The second-order valence-corrected chi connectivity index (χ2v) is 5.55. The van der Waals surface area contributed by atoms with Crippen molar-refractivity contribution in [3.05, 3.63) is 48.9 Å². The van der Waals surface area contributed by atoms with Gasteiger partial charge in [0.15, 0.2) is 0 Å². The van der Waals surface area contributed by atoms with Crippen LogP contribution in [0.1, 0.15) is 6.42 Å². The van der Waals surface area contributed by atoms with Crippen molar-refractivity contribution in [2.24, 2.45) is 5.92 Å². The third kappa shape index (κ3) is 3.87. The molecule has 2 heterocycles. The molecule has 1 aliphatic heterocycles. The molecule has 1 saturated heterocycles. The monoisotopic (exact) mass is 325 g/mol. The Kier molecular flexibility index (Phi) is 5.00. The zero-order valence-electron chi connectivity index (χ0n) is 13.2. The number of hydrogen-bond acceptors (Lipinski definition) is 5. The van der Waals surface area contributed by atoms with E-state index in [0.717, 1.165) is 5.69 Å². The number of carbonyl (C=O) groups excluding carboxylic acids is 2. The zero-order chi connectivity index (χ0) is 16.8. The first kappa shape index (κ1) is 15.9. The van der Waals surface area contributed by atoms with Crippen LogP contribution in [0.2, 0.25) is 0 Å². The topological polar surface area (TPSA) is 87.2 Å². The van der Waals surface area contributed by atoms with Crippen LogP contribution in [0, 0.1) is 5.92 Å². The number of nitrogens with zero attached hydrogens (tertiary/aromatic N) is 3. The van der Waals surface area contributed by atoms with E-state index >= 15 is 0 Å². The standard InChI is InChI=1S/C17H19N5O2/c23-16-10-13(12-22(16)14-4-2-1-3-5-14)17(24)21-9-8-20-15-11-18-6-7-19-15/h1-7,11,13H,8-10,12H2,(H,19,20)(H,21,24)/t13-/m1/s1. The predicted octanol–water partition coefficient (Wildman–Crippen LogP) is 1.06. The highest BCUT2D eigenvalue weighted by Crippen LogP contribution is 2.24. The average Bonchev–Trinajstić information content (AvgIpc) is 3.02. The van der Waals surface area contributed by atoms with Crippen molar-refractivity contribution in [1.82, 2.24) is 15.3 Å². The summed E-state index contributed by atoms with van der Waals surface area (Å²) in [5, 5.41) is 5.93. The third-order valence-corrected chi connectivity index (χ3v) is 3.86. The minimum Gasteiger partial charge on any atom is -0.367 e. The molecular weight excluding hydrogens is 306 g/mol. The van der Waals surface area contributed by atoms with Crippen molar-refractivity contribution >= 4 is 23.3 Å². The number of benzene rings is 1. The van der Waals surface area contributed by atoms with Crippen LogP contribution >= 0.6 is 0 Å². The summed E-state index contributed by atoms with van der Waals surface area (Å²) >= 11 is 0. The molecule has 2 N–H and O–H groups in total. The fraction of sp³-hybridized carbons (Fsp3) is 0.294. The molecule has 0 radical (unpaired) electrons. The number of rotatable bonds is 6. The summed E-state index contributed by atoms with van der Waals surface area (Å²) in [6, 6.07) is 9.42. The van der Waals surface area contributed by atoms with E-state index in [2.05, 4.69) is 20.6 Å². The number of para-hydroxylation sites is 1. The molecule has 1 aromatic carbocycles. The fourth-order valence-corrected chi connectivity index (χ4v) is 2.65. The smallest absolute Gasteiger partial charge is 0.227 e. The summed E-state index contributed by atoms with van der Waals surface area (Å²) in [6.45, 7) is 1.44. The highest BCUT2D eigenvalue weighted by molar-refractivity contribution is 6.00. The Balaban J connectivity index is 1.45. The quantitative estimate of drug-likeness (QED) is 0.776. The van der Waals surface area contributed by atoms with Gasteiger partial charge in [-0.1, -0.05) is 18.2 Å². The highest BCUT2D eigenvalue weighted by atomic mass is 16.2. The third-order valence-electron chi connectivity index (χ3n) is 3.86. The Morgan fingerprint density at radius 2 is 2.04 bits per heavy atom. The molecule has 3 rings (SSSR count). The van der Waals surface area contributed by atoms with Gasteiger partial charge in [0.1, 0.15) is 5.82 Å². The van der Waals surface area contributed by atoms with Gasteiger partial charge < -0.3 is 15.5 Å². The summed E-state index contributed by atoms with van der Waals surface area (Å²) in [4.78, 5) is 34.1. The Labute approximate surface area is 140 Å². The Hall–Kier alpha value is -2.96. The number of carbonyl (C=O) groups is 2. The van der Waals surface area contributed by atoms with Crippen molar-refractivity contribution in [1.29, 1.82) is 0 Å². The lowest BCUT2D eigenvalue weighted by Crippen LogP contribution is -2.35. The molecule has 0 aliphatic carbocycles. The minimum atomic E-state index is -0.311. The van der Waals surface area contributed by atoms with Crippen LogP contribution in [-0.2, 0) is 9.59 Å². The predicted molar refractivity (Wildman–Crippen MR) is 90.4 cm³/mol. The molecule has 1 aromatic heterocycles. The molecule has 7 heteroatoms. The highest BCUT2D eigenvalue weighted by Gasteiger charge is 2.34. The molecule has 2 aromatic rings. The second-order valence-electron chi connectivity index (χ2n) is 5.55. The van der Waals surface area contributed by atoms with Crippen LogP contribution in [0.15, 0.2) is 48.9 Å². The molecule has 0 saturated carbocycles. The number of hydrogen-bond donors (Lipinski definition) is 2. The van der Waals surface area contributed by atoms with Gasteiger partial charge in [-0.05, 0) is 12.1 Å². The molecule has 1 fully saturated rings. The fourth-order valence-electron chi connectivity index (χ4n) is 2.65. The van der Waals surface area contributed by atoms with Gasteiger partial charge in [-0.2, -0.15) is 0 Å². The van der Waals surface area contributed by atoms with E-state index in [4.69, 9.17) is 0 Å². The van der Waals surface area contributed by atoms with Gasteiger partial charge in [-0.15, -0.1) is 0 Å². The van der Waals surface area contributed by atoms with Gasteiger partial charge in [0, 0.05) is 44.1 Å². The zero-order valence-corrected chi connectivity index (χ0v) is 13.2. The van der Waals surface area contributed by atoms with Crippen molar-refractivity contribution < 1.29 is 9.59 Å². The van der Waals surface area contributed by atoms with Crippen LogP contribution in [0.3, 0.4) is 0 Å². The lowest BCUT2D eigenvalue weighted by Gasteiger charge is -2.16. The van der Waals surface area contributed by atoms with E-state index in [1.165, 1.54) is 0 Å². The molecule has 7 nitrogen and oxygen atoms in total. The van der Waals surface area contributed by atoms with E-state index < -0.39 is 0 Å². The molecule has 1 aliphatic rings. The van der Waals surface area contributed by atoms with Gasteiger partial charge in [0.25, 0.3) is 0 Å². The van der Waals surface area contributed by atoms with Crippen molar-refractivity contribution in [3.8, 4) is 0 Å². The molecule has 1 atom stereocenters. The Bertz CT molecular complexity index is 693. The molecule has 24 heavy (non-hydrogen) atoms. The molecule has 0 bridgehead atoms. The maximum absolute atomic E-state index is 12.2. The SMILES string of the molecule is O=C(NCCNc1cnccn1)[C@@H]1CC(=O)N(c2ccccc2)C1. The first-order valence-electron chi connectivity index (χ1n) is 7.87. The maximum atomic E-state index is 12.2. The number of anilines is 2. The average molecular weight is 325 g/mol. The normalized spacial score (nSPS) is 16.9. The van der Waals surface area contributed by atoms with Crippen LogP contribution in [0.5, 0.6) is 0 Å². The summed E-state index contributed by atoms with van der Waals surface area (Å²) in [6.07, 6.45) is 5.07. The van der Waals surface area contributed by atoms with Crippen LogP contribution in [0.4, 0.5) is 11.5 Å². The van der Waals surface area contributed by atoms with E-state index in [9.17, 15) is 9.59 Å². The first-order valence-corrected chi connectivity index (χ1v) is 7.87. The van der Waals surface area contributed by atoms with Crippen molar-refractivity contribution in [3.63, 3.8) is 0 Å². The van der Waals surface area contributed by atoms with E-state index in [1.807, 2.05) is 30.3 Å². The molecule has 0 unspecified atom stereocenters. The van der Waals surface area contributed by atoms with Crippen LogP contribution in [-0.4, -0.2) is 41.4 Å². The van der Waals surface area contributed by atoms with Gasteiger partial charge in [0.2, 0.25) is 11.8 Å². The van der Waals surface area contributed by atoms with Crippen molar-refractivity contribution in [2.45, 2.75) is 6.42 Å². The summed E-state index contributed by atoms with van der Waals surface area (Å²) < 4.78 is 0. The van der Waals surface area contributed by atoms with Gasteiger partial charge in [-0.25, -0.2) is 4.98 Å². The van der Waals surface area contributed by atoms with Crippen LogP contribution in [0.25, 0.3) is 0 Å². The molecular formula is C17H19N5O2. The van der Waals surface area contributed by atoms with E-state index in [1.54, 1.807) is 23.5 Å². The number of amides is 2. The molecule has 124 valence electrons. The van der Waals surface area contributed by atoms with E-state index in [0.29, 0.717) is 25.5 Å². The lowest BCUT2D eigenvalue weighted by molar-refractivity contribution is -0.126. The minimum absolute atomic E-state index is 0.0148. The summed E-state index contributed by atoms with van der Waals surface area (Å²) in [5.41, 5.74) is 0.835. The van der Waals surface area contributed by atoms with E-state index in [-0.39, 0.29) is 24.2 Å². The Morgan fingerprint density at radius 1 is 1.21 bits per heavy atom. The first-order chi connectivity index (χ1) is 11.7. The molecule has 0 spiro atoms. The largest absolute Gasteiger partial charge is 0.367 e. The summed E-state index contributed by atoms with van der Waals surface area (Å²) in [5.74, 6) is 0.244. The second kappa shape index (κ2) is 7.54. The van der Waals surface area contributed by atoms with Gasteiger partial charge in [-0.3, -0.25) is 14.6 Å². The molecule has 2 amide bonds.